The number of ether oxygens (including phenoxy) is 1. The van der Waals surface area contributed by atoms with Crippen LogP contribution in [0, 0.1) is 29.3 Å². The standard InChI is InChI=1S/C15H10ClF5N2O/c16-8-5-7(1-2-9(8)17)10-6-23(3-4-24-10)13-11(18)14(20)22-15(21)12(13)19/h1-2,5,10H,3-4,6H2. The molecule has 2 heterocycles. The summed E-state index contributed by atoms with van der Waals surface area (Å²) in [6.45, 7) is -0.0367. The number of hydrogen-bond acceptors (Lipinski definition) is 3. The van der Waals surface area contributed by atoms with Gasteiger partial charge in [-0.2, -0.15) is 22.5 Å². The van der Waals surface area contributed by atoms with Crippen LogP contribution in [0.4, 0.5) is 27.6 Å². The van der Waals surface area contributed by atoms with Crippen LogP contribution in [0.1, 0.15) is 11.7 Å². The molecular weight excluding hydrogens is 355 g/mol. The first-order chi connectivity index (χ1) is 11.4. The molecule has 0 spiro atoms. The summed E-state index contributed by atoms with van der Waals surface area (Å²) in [6.07, 6.45) is -0.699. The highest BCUT2D eigenvalue weighted by atomic mass is 35.5. The van der Waals surface area contributed by atoms with Crippen molar-refractivity contribution in [3.63, 3.8) is 0 Å². The molecule has 1 unspecified atom stereocenters. The van der Waals surface area contributed by atoms with Crippen molar-refractivity contribution in [1.82, 2.24) is 4.98 Å². The molecule has 1 aliphatic heterocycles. The molecule has 0 amide bonds. The number of benzene rings is 1. The fraction of sp³-hybridized carbons (Fsp3) is 0.267. The highest BCUT2D eigenvalue weighted by molar-refractivity contribution is 6.30. The quantitative estimate of drug-likeness (QED) is 0.595. The zero-order valence-corrected chi connectivity index (χ0v) is 12.8. The molecule has 1 saturated heterocycles. The number of halogens is 6. The van der Waals surface area contributed by atoms with Crippen molar-refractivity contribution < 1.29 is 26.7 Å². The summed E-state index contributed by atoms with van der Waals surface area (Å²) in [5, 5.41) is -0.133. The molecule has 0 saturated carbocycles. The van der Waals surface area contributed by atoms with Crippen molar-refractivity contribution in [1.29, 1.82) is 0 Å². The number of aromatic nitrogens is 1. The van der Waals surface area contributed by atoms with Crippen LogP contribution in [-0.2, 0) is 4.74 Å². The zero-order valence-electron chi connectivity index (χ0n) is 12.0. The summed E-state index contributed by atoms with van der Waals surface area (Å²) < 4.78 is 73.0. The van der Waals surface area contributed by atoms with Crippen LogP contribution < -0.4 is 4.90 Å². The first-order valence-corrected chi connectivity index (χ1v) is 7.27. The van der Waals surface area contributed by atoms with Crippen molar-refractivity contribution in [2.45, 2.75) is 6.10 Å². The van der Waals surface area contributed by atoms with E-state index in [1.165, 1.54) is 12.1 Å². The maximum Gasteiger partial charge on any atom is 0.253 e. The lowest BCUT2D eigenvalue weighted by molar-refractivity contribution is 0.0391. The van der Waals surface area contributed by atoms with E-state index in [9.17, 15) is 22.0 Å². The van der Waals surface area contributed by atoms with Crippen molar-refractivity contribution >= 4 is 17.3 Å². The van der Waals surface area contributed by atoms with Crippen LogP contribution in [0.2, 0.25) is 5.02 Å². The smallest absolute Gasteiger partial charge is 0.253 e. The topological polar surface area (TPSA) is 25.4 Å². The van der Waals surface area contributed by atoms with E-state index in [0.717, 1.165) is 11.0 Å². The third-order valence-electron chi connectivity index (χ3n) is 3.67. The summed E-state index contributed by atoms with van der Waals surface area (Å²) >= 11 is 5.71. The van der Waals surface area contributed by atoms with E-state index in [-0.39, 0.29) is 24.7 Å². The summed E-state index contributed by atoms with van der Waals surface area (Å²) in [5.74, 6) is -7.23. The number of anilines is 1. The minimum absolute atomic E-state index is 0.0160. The maximum absolute atomic E-state index is 13.9. The largest absolute Gasteiger partial charge is 0.370 e. The van der Waals surface area contributed by atoms with Crippen molar-refractivity contribution in [3.8, 4) is 0 Å². The number of hydrogen-bond donors (Lipinski definition) is 0. The number of morpholine rings is 1. The van der Waals surface area contributed by atoms with Gasteiger partial charge in [0, 0.05) is 13.1 Å². The van der Waals surface area contributed by atoms with Gasteiger partial charge in [0.05, 0.1) is 11.6 Å². The van der Waals surface area contributed by atoms with Crippen LogP contribution in [0.5, 0.6) is 0 Å². The molecule has 2 aromatic rings. The fourth-order valence-corrected chi connectivity index (χ4v) is 2.71. The summed E-state index contributed by atoms with van der Waals surface area (Å²) in [6, 6.07) is 3.87. The SMILES string of the molecule is Fc1ccc(C2CN(c3c(F)c(F)nc(F)c3F)CCO2)cc1Cl. The van der Waals surface area contributed by atoms with Gasteiger partial charge in [0.1, 0.15) is 17.6 Å². The van der Waals surface area contributed by atoms with E-state index in [0.29, 0.717) is 5.56 Å². The molecule has 1 atom stereocenters. The molecule has 0 N–H and O–H groups in total. The molecule has 1 aliphatic rings. The minimum atomic E-state index is -1.73. The van der Waals surface area contributed by atoms with E-state index < -0.39 is 41.1 Å². The minimum Gasteiger partial charge on any atom is -0.370 e. The average molecular weight is 365 g/mol. The molecule has 24 heavy (non-hydrogen) atoms. The Kier molecular flexibility index (Phi) is 4.60. The number of pyridine rings is 1. The van der Waals surface area contributed by atoms with Gasteiger partial charge < -0.3 is 9.64 Å². The van der Waals surface area contributed by atoms with E-state index >= 15 is 0 Å². The highest BCUT2D eigenvalue weighted by Crippen LogP contribution is 2.32. The monoisotopic (exact) mass is 364 g/mol. The summed E-state index contributed by atoms with van der Waals surface area (Å²) in [7, 11) is 0. The average Bonchev–Trinajstić information content (AvgIpc) is 2.56. The first kappa shape index (κ1) is 16.9. The molecule has 0 bridgehead atoms. The second-order valence-corrected chi connectivity index (χ2v) is 5.56. The van der Waals surface area contributed by atoms with Gasteiger partial charge in [0.2, 0.25) is 11.6 Å². The molecule has 1 fully saturated rings. The number of nitrogens with zero attached hydrogens (tertiary/aromatic N) is 2. The van der Waals surface area contributed by atoms with E-state index in [2.05, 4.69) is 4.98 Å². The molecule has 1 aromatic carbocycles. The Balaban J connectivity index is 1.93. The molecule has 3 nitrogen and oxygen atoms in total. The van der Waals surface area contributed by atoms with Gasteiger partial charge >= 0.3 is 0 Å². The molecule has 128 valence electrons. The predicted octanol–water partition coefficient (Wildman–Crippen LogP) is 4.01. The second kappa shape index (κ2) is 6.52. The molecular formula is C15H10ClF5N2O. The van der Waals surface area contributed by atoms with E-state index in [1.54, 1.807) is 0 Å². The second-order valence-electron chi connectivity index (χ2n) is 5.15. The van der Waals surface area contributed by atoms with Gasteiger partial charge in [-0.05, 0) is 17.7 Å². The zero-order chi connectivity index (χ0) is 17.4. The van der Waals surface area contributed by atoms with Crippen LogP contribution in [0.15, 0.2) is 18.2 Å². The highest BCUT2D eigenvalue weighted by Gasteiger charge is 2.30. The van der Waals surface area contributed by atoms with Crippen LogP contribution >= 0.6 is 11.6 Å². The molecule has 9 heteroatoms. The Hall–Kier alpha value is -1.93. The van der Waals surface area contributed by atoms with Crippen molar-refractivity contribution in [2.24, 2.45) is 0 Å². The van der Waals surface area contributed by atoms with E-state index in [1.807, 2.05) is 0 Å². The molecule has 0 aliphatic carbocycles. The number of rotatable bonds is 2. The van der Waals surface area contributed by atoms with Crippen LogP contribution in [0.25, 0.3) is 0 Å². The lowest BCUT2D eigenvalue weighted by Crippen LogP contribution is -2.39. The predicted molar refractivity (Wildman–Crippen MR) is 76.4 cm³/mol. The Morgan fingerprint density at radius 2 is 1.75 bits per heavy atom. The fourth-order valence-electron chi connectivity index (χ4n) is 2.52. The van der Waals surface area contributed by atoms with Crippen LogP contribution in [-0.4, -0.2) is 24.7 Å². The van der Waals surface area contributed by atoms with Gasteiger partial charge in [-0.1, -0.05) is 17.7 Å². The summed E-state index contributed by atoms with van der Waals surface area (Å²) in [5.41, 5.74) is -0.372. The maximum atomic E-state index is 13.9. The first-order valence-electron chi connectivity index (χ1n) is 6.90. The van der Waals surface area contributed by atoms with E-state index in [4.69, 9.17) is 16.3 Å². The molecule has 1 aromatic heterocycles. The van der Waals surface area contributed by atoms with Crippen molar-refractivity contribution in [3.05, 3.63) is 58.1 Å². The Morgan fingerprint density at radius 3 is 2.38 bits per heavy atom. The lowest BCUT2D eigenvalue weighted by Gasteiger charge is -2.35. The van der Waals surface area contributed by atoms with Crippen molar-refractivity contribution in [2.75, 3.05) is 24.6 Å². The van der Waals surface area contributed by atoms with Gasteiger partial charge in [-0.15, -0.1) is 0 Å². The lowest BCUT2D eigenvalue weighted by atomic mass is 10.1. The molecule has 0 radical (unpaired) electrons. The molecule has 3 rings (SSSR count). The van der Waals surface area contributed by atoms with Gasteiger partial charge in [-0.25, -0.2) is 4.39 Å². The van der Waals surface area contributed by atoms with Crippen LogP contribution in [0.3, 0.4) is 0 Å². The van der Waals surface area contributed by atoms with Gasteiger partial charge in [0.15, 0.2) is 0 Å². The third kappa shape index (κ3) is 3.03. The van der Waals surface area contributed by atoms with Gasteiger partial charge in [-0.3, -0.25) is 0 Å². The normalized spacial score (nSPS) is 18.1. The van der Waals surface area contributed by atoms with Gasteiger partial charge in [0.25, 0.3) is 11.9 Å². The Labute approximate surface area is 138 Å². The Bertz CT molecular complexity index is 763. The summed E-state index contributed by atoms with van der Waals surface area (Å²) in [4.78, 5) is 3.64. The Morgan fingerprint density at radius 1 is 1.08 bits per heavy atom. The third-order valence-corrected chi connectivity index (χ3v) is 3.96.